The topological polar surface area (TPSA) is 64.3 Å². The molecule has 0 aromatic heterocycles. The molecule has 0 radical (unpaired) electrons. The molecule has 0 aliphatic carbocycles. The van der Waals surface area contributed by atoms with Crippen molar-refractivity contribution in [3.63, 3.8) is 0 Å². The minimum Gasteiger partial charge on any atom is -0.393 e. The van der Waals surface area contributed by atoms with Gasteiger partial charge in [0.2, 0.25) is 5.91 Å². The van der Waals surface area contributed by atoms with Gasteiger partial charge in [-0.3, -0.25) is 4.79 Å². The summed E-state index contributed by atoms with van der Waals surface area (Å²) < 4.78 is 27.9. The second kappa shape index (κ2) is 8.35. The average Bonchev–Trinajstić information content (AvgIpc) is 2.20. The summed E-state index contributed by atoms with van der Waals surface area (Å²) in [6, 6.07) is 0. The van der Waals surface area contributed by atoms with Crippen LogP contribution in [-0.2, 0) is 9.53 Å². The number of alkyl halides is 2. The van der Waals surface area contributed by atoms with Crippen molar-refractivity contribution in [3.8, 4) is 0 Å². The third-order valence-electron chi connectivity index (χ3n) is 1.81. The van der Waals surface area contributed by atoms with Gasteiger partial charge in [-0.2, -0.15) is 0 Å². The first kappa shape index (κ1) is 15.2. The molecule has 0 saturated heterocycles. The number of nitrogens with one attached hydrogen (secondary N) is 1. The molecule has 0 heterocycles. The van der Waals surface area contributed by atoms with Gasteiger partial charge in [0.05, 0.1) is 11.6 Å². The Kier molecular flexibility index (Phi) is 7.92. The number of nitrogens with two attached hydrogens (primary N) is 1. The molecule has 0 aliphatic rings. The summed E-state index contributed by atoms with van der Waals surface area (Å²) in [6.45, 7) is 1.48. The Hall–Kier alpha value is -0.820. The summed E-state index contributed by atoms with van der Waals surface area (Å²) in [5.41, 5.74) is 5.35. The fourth-order valence-corrected chi connectivity index (χ4v) is 0.877. The van der Waals surface area contributed by atoms with Crippen LogP contribution in [0.1, 0.15) is 13.3 Å². The largest absolute Gasteiger partial charge is 0.393 e. The van der Waals surface area contributed by atoms with Crippen LogP contribution in [0.25, 0.3) is 0 Å². The lowest BCUT2D eigenvalue weighted by atomic mass is 10.2. The van der Waals surface area contributed by atoms with Crippen molar-refractivity contribution in [2.75, 3.05) is 19.8 Å². The molecule has 0 bridgehead atoms. The number of ether oxygens (including phenoxy) is 1. The highest BCUT2D eigenvalue weighted by molar-refractivity contribution is 7.80. The summed E-state index contributed by atoms with van der Waals surface area (Å²) in [6.07, 6.45) is -2.45. The maximum atomic E-state index is 11.6. The van der Waals surface area contributed by atoms with E-state index in [1.54, 1.807) is 6.92 Å². The molecule has 1 amide bonds. The Bertz CT molecular complexity index is 240. The van der Waals surface area contributed by atoms with E-state index in [0.717, 1.165) is 0 Å². The van der Waals surface area contributed by atoms with E-state index in [4.69, 9.17) is 18.0 Å². The first-order chi connectivity index (χ1) is 7.43. The molecule has 16 heavy (non-hydrogen) atoms. The van der Waals surface area contributed by atoms with E-state index in [-0.39, 0.29) is 24.9 Å². The molecule has 0 rings (SSSR count). The van der Waals surface area contributed by atoms with Crippen molar-refractivity contribution < 1.29 is 18.3 Å². The molecule has 3 N–H and O–H groups in total. The van der Waals surface area contributed by atoms with E-state index in [2.05, 4.69) is 10.1 Å². The normalized spacial score (nSPS) is 12.5. The quantitative estimate of drug-likeness (QED) is 0.494. The number of thiocarbonyl (C=S) groups is 1. The zero-order valence-corrected chi connectivity index (χ0v) is 9.86. The zero-order chi connectivity index (χ0) is 12.6. The highest BCUT2D eigenvalue weighted by Gasteiger charge is 2.08. The van der Waals surface area contributed by atoms with Gasteiger partial charge in [-0.1, -0.05) is 19.1 Å². The summed E-state index contributed by atoms with van der Waals surface area (Å²) in [7, 11) is 0. The molecule has 0 saturated carbocycles. The minimum absolute atomic E-state index is 0.0162. The van der Waals surface area contributed by atoms with Crippen LogP contribution in [0.2, 0.25) is 0 Å². The molecular formula is C9H16F2N2O2S. The maximum absolute atomic E-state index is 11.6. The van der Waals surface area contributed by atoms with Crippen molar-refractivity contribution in [1.29, 1.82) is 0 Å². The van der Waals surface area contributed by atoms with Gasteiger partial charge in [0.1, 0.15) is 6.61 Å². The number of carbonyl (C=O) groups excluding carboxylic acids is 1. The Labute approximate surface area is 98.5 Å². The van der Waals surface area contributed by atoms with Gasteiger partial charge in [-0.05, 0) is 0 Å². The van der Waals surface area contributed by atoms with Crippen LogP contribution in [0, 0.1) is 5.92 Å². The molecule has 0 aliphatic heterocycles. The summed E-state index contributed by atoms with van der Waals surface area (Å²) in [5.74, 6) is -0.349. The molecule has 7 heteroatoms. The van der Waals surface area contributed by atoms with E-state index >= 15 is 0 Å². The van der Waals surface area contributed by atoms with Crippen molar-refractivity contribution in [2.45, 2.75) is 19.8 Å². The Balaban J connectivity index is 3.48. The van der Waals surface area contributed by atoms with Crippen LogP contribution in [0.15, 0.2) is 0 Å². The van der Waals surface area contributed by atoms with Gasteiger partial charge in [0, 0.05) is 18.9 Å². The van der Waals surface area contributed by atoms with Crippen LogP contribution in [0.3, 0.4) is 0 Å². The molecule has 0 fully saturated rings. The van der Waals surface area contributed by atoms with Gasteiger partial charge in [-0.25, -0.2) is 8.78 Å². The second-order valence-electron chi connectivity index (χ2n) is 3.32. The standard InChI is InChI=1S/C9H16F2N2O2S/c1-6(9(12)16)4-13-8(14)2-3-15-5-7(10)11/h6-7H,2-5H2,1H3,(H2,12,16)(H,13,14). The van der Waals surface area contributed by atoms with Crippen molar-refractivity contribution in [1.82, 2.24) is 5.32 Å². The fourth-order valence-electron chi connectivity index (χ4n) is 0.793. The Morgan fingerprint density at radius 2 is 2.19 bits per heavy atom. The van der Waals surface area contributed by atoms with Gasteiger partial charge in [0.15, 0.2) is 0 Å². The highest BCUT2D eigenvalue weighted by atomic mass is 32.1. The Morgan fingerprint density at radius 3 is 2.69 bits per heavy atom. The molecule has 1 unspecified atom stereocenters. The van der Waals surface area contributed by atoms with Crippen LogP contribution < -0.4 is 11.1 Å². The van der Waals surface area contributed by atoms with E-state index in [1.807, 2.05) is 0 Å². The Morgan fingerprint density at radius 1 is 1.56 bits per heavy atom. The van der Waals surface area contributed by atoms with E-state index in [9.17, 15) is 13.6 Å². The van der Waals surface area contributed by atoms with Crippen LogP contribution in [0.5, 0.6) is 0 Å². The first-order valence-electron chi connectivity index (χ1n) is 4.85. The lowest BCUT2D eigenvalue weighted by molar-refractivity contribution is -0.122. The highest BCUT2D eigenvalue weighted by Crippen LogP contribution is 1.95. The molecule has 94 valence electrons. The van der Waals surface area contributed by atoms with Crippen molar-refractivity contribution in [2.24, 2.45) is 11.7 Å². The lowest BCUT2D eigenvalue weighted by Crippen LogP contribution is -2.34. The number of carbonyl (C=O) groups is 1. The summed E-state index contributed by atoms with van der Waals surface area (Å²) in [5, 5.41) is 2.58. The van der Waals surface area contributed by atoms with Crippen molar-refractivity contribution >= 4 is 23.1 Å². The summed E-state index contributed by atoms with van der Waals surface area (Å²) >= 11 is 4.72. The van der Waals surface area contributed by atoms with Gasteiger partial charge < -0.3 is 15.8 Å². The van der Waals surface area contributed by atoms with E-state index in [0.29, 0.717) is 11.5 Å². The van der Waals surface area contributed by atoms with E-state index in [1.165, 1.54) is 0 Å². The van der Waals surface area contributed by atoms with Gasteiger partial charge in [0.25, 0.3) is 6.43 Å². The molecular weight excluding hydrogens is 238 g/mol. The fraction of sp³-hybridized carbons (Fsp3) is 0.778. The van der Waals surface area contributed by atoms with Gasteiger partial charge in [-0.15, -0.1) is 0 Å². The average molecular weight is 254 g/mol. The number of halogens is 2. The van der Waals surface area contributed by atoms with Crippen LogP contribution in [-0.4, -0.2) is 37.1 Å². The lowest BCUT2D eigenvalue weighted by Gasteiger charge is -2.10. The molecule has 1 atom stereocenters. The zero-order valence-electron chi connectivity index (χ0n) is 9.04. The summed E-state index contributed by atoms with van der Waals surface area (Å²) in [4.78, 5) is 11.5. The molecule has 0 spiro atoms. The number of hydrogen-bond donors (Lipinski definition) is 2. The number of rotatable bonds is 8. The smallest absolute Gasteiger partial charge is 0.261 e. The third kappa shape index (κ3) is 8.49. The molecule has 0 aromatic rings. The molecule has 4 nitrogen and oxygen atoms in total. The monoisotopic (exact) mass is 254 g/mol. The second-order valence-corrected chi connectivity index (χ2v) is 3.79. The van der Waals surface area contributed by atoms with E-state index < -0.39 is 13.0 Å². The number of amides is 1. The first-order valence-corrected chi connectivity index (χ1v) is 5.26. The SMILES string of the molecule is CC(CNC(=O)CCOCC(F)F)C(N)=S. The van der Waals surface area contributed by atoms with Crippen LogP contribution in [0.4, 0.5) is 8.78 Å². The third-order valence-corrected chi connectivity index (χ3v) is 2.21. The van der Waals surface area contributed by atoms with Crippen LogP contribution >= 0.6 is 12.2 Å². The molecule has 0 aromatic carbocycles. The predicted molar refractivity (Wildman–Crippen MR) is 60.4 cm³/mol. The minimum atomic E-state index is -2.50. The van der Waals surface area contributed by atoms with Crippen molar-refractivity contribution in [3.05, 3.63) is 0 Å². The predicted octanol–water partition coefficient (Wildman–Crippen LogP) is 0.697. The maximum Gasteiger partial charge on any atom is 0.261 e. The number of hydrogen-bond acceptors (Lipinski definition) is 3. The van der Waals surface area contributed by atoms with Gasteiger partial charge >= 0.3 is 0 Å².